The topological polar surface area (TPSA) is 72.3 Å². The van der Waals surface area contributed by atoms with Crippen LogP contribution in [0.3, 0.4) is 0 Å². The lowest BCUT2D eigenvalue weighted by atomic mass is 10.2. The van der Waals surface area contributed by atoms with Gasteiger partial charge in [0.1, 0.15) is 5.82 Å². The highest BCUT2D eigenvalue weighted by Crippen LogP contribution is 2.17. The van der Waals surface area contributed by atoms with E-state index >= 15 is 0 Å². The molecule has 0 aromatic carbocycles. The maximum Gasteiger partial charge on any atom is 0.260 e. The van der Waals surface area contributed by atoms with E-state index in [4.69, 9.17) is 4.74 Å². The number of nitrogens with zero attached hydrogens (tertiary/aromatic N) is 4. The smallest absolute Gasteiger partial charge is 0.260 e. The number of carbonyl (C=O) groups excluding carboxylic acids is 1. The first-order valence-corrected chi connectivity index (χ1v) is 8.20. The number of morpholine rings is 1. The Morgan fingerprint density at radius 3 is 2.62 bits per heavy atom. The van der Waals surface area contributed by atoms with Crippen LogP contribution < -0.4 is 10.2 Å². The number of anilines is 2. The second kappa shape index (κ2) is 7.00. The van der Waals surface area contributed by atoms with Gasteiger partial charge in [-0.25, -0.2) is 4.98 Å². The Kier molecular flexibility index (Phi) is 4.80. The van der Waals surface area contributed by atoms with E-state index in [9.17, 15) is 4.79 Å². The summed E-state index contributed by atoms with van der Waals surface area (Å²) in [5, 5.41) is 7.20. The van der Waals surface area contributed by atoms with Crippen molar-refractivity contribution >= 4 is 17.4 Å². The molecular weight excluding hydrogens is 306 g/mol. The minimum absolute atomic E-state index is 0.189. The van der Waals surface area contributed by atoms with Gasteiger partial charge >= 0.3 is 0 Å². The zero-order chi connectivity index (χ0) is 17.1. The highest BCUT2D eigenvalue weighted by atomic mass is 16.5. The van der Waals surface area contributed by atoms with E-state index in [0.717, 1.165) is 32.0 Å². The van der Waals surface area contributed by atoms with E-state index in [0.29, 0.717) is 17.1 Å². The van der Waals surface area contributed by atoms with Crippen LogP contribution in [0.5, 0.6) is 0 Å². The quantitative estimate of drug-likeness (QED) is 0.931. The fourth-order valence-corrected chi connectivity index (χ4v) is 2.62. The van der Waals surface area contributed by atoms with Gasteiger partial charge in [-0.3, -0.25) is 9.48 Å². The number of amides is 1. The molecule has 0 aliphatic carbocycles. The number of aryl methyl sites for hydroxylation is 1. The van der Waals surface area contributed by atoms with Crippen molar-refractivity contribution in [2.24, 2.45) is 0 Å². The summed E-state index contributed by atoms with van der Waals surface area (Å²) in [6.07, 6.45) is 3.56. The molecule has 3 heterocycles. The Morgan fingerprint density at radius 2 is 2.04 bits per heavy atom. The number of ether oxygens (including phenoxy) is 1. The van der Waals surface area contributed by atoms with Gasteiger partial charge in [-0.2, -0.15) is 5.10 Å². The van der Waals surface area contributed by atoms with Crippen molar-refractivity contribution in [3.8, 4) is 0 Å². The number of pyridine rings is 1. The molecule has 1 N–H and O–H groups in total. The number of hydrogen-bond donors (Lipinski definition) is 1. The third-order valence-corrected chi connectivity index (χ3v) is 4.06. The molecule has 0 bridgehead atoms. The molecule has 2 aromatic rings. The molecule has 7 nitrogen and oxygen atoms in total. The predicted molar refractivity (Wildman–Crippen MR) is 92.6 cm³/mol. The van der Waals surface area contributed by atoms with Crippen LogP contribution in [0.1, 0.15) is 35.9 Å². The minimum Gasteiger partial charge on any atom is -0.378 e. The number of hydrogen-bond acceptors (Lipinski definition) is 5. The highest BCUT2D eigenvalue weighted by molar-refractivity contribution is 6.04. The molecule has 1 aliphatic rings. The summed E-state index contributed by atoms with van der Waals surface area (Å²) in [6.45, 7) is 9.08. The summed E-state index contributed by atoms with van der Waals surface area (Å²) in [6, 6.07) is 4.01. The van der Waals surface area contributed by atoms with Crippen LogP contribution in [-0.4, -0.2) is 47.0 Å². The maximum absolute atomic E-state index is 12.4. The normalized spacial score (nSPS) is 14.9. The number of rotatable bonds is 4. The molecule has 0 radical (unpaired) electrons. The molecule has 3 rings (SSSR count). The summed E-state index contributed by atoms with van der Waals surface area (Å²) < 4.78 is 7.14. The van der Waals surface area contributed by atoms with Gasteiger partial charge in [0.15, 0.2) is 0 Å². The molecule has 0 atom stereocenters. The summed E-state index contributed by atoms with van der Waals surface area (Å²) >= 11 is 0. The number of carbonyl (C=O) groups is 1. The largest absolute Gasteiger partial charge is 0.378 e. The van der Waals surface area contributed by atoms with E-state index in [-0.39, 0.29) is 11.9 Å². The molecule has 1 aliphatic heterocycles. The molecule has 1 saturated heterocycles. The fraction of sp³-hybridized carbons (Fsp3) is 0.471. The monoisotopic (exact) mass is 329 g/mol. The van der Waals surface area contributed by atoms with Crippen LogP contribution in [-0.2, 0) is 4.74 Å². The van der Waals surface area contributed by atoms with E-state index < -0.39 is 0 Å². The lowest BCUT2D eigenvalue weighted by Gasteiger charge is -2.28. The molecule has 2 aromatic heterocycles. The van der Waals surface area contributed by atoms with Crippen molar-refractivity contribution in [3.05, 3.63) is 35.8 Å². The second-order valence-corrected chi connectivity index (χ2v) is 6.16. The minimum atomic E-state index is -0.189. The van der Waals surface area contributed by atoms with Crippen molar-refractivity contribution in [1.29, 1.82) is 0 Å². The highest BCUT2D eigenvalue weighted by Gasteiger charge is 2.16. The zero-order valence-electron chi connectivity index (χ0n) is 14.3. The van der Waals surface area contributed by atoms with Crippen molar-refractivity contribution in [2.75, 3.05) is 36.5 Å². The summed E-state index contributed by atoms with van der Waals surface area (Å²) in [7, 11) is 0. The average Bonchev–Trinajstić information content (AvgIpc) is 2.99. The number of nitrogens with one attached hydrogen (secondary N) is 1. The van der Waals surface area contributed by atoms with Crippen molar-refractivity contribution in [3.63, 3.8) is 0 Å². The molecule has 0 spiro atoms. The summed E-state index contributed by atoms with van der Waals surface area (Å²) in [5.41, 5.74) is 2.33. The molecule has 0 saturated carbocycles. The first kappa shape index (κ1) is 16.4. The van der Waals surface area contributed by atoms with E-state index in [1.807, 2.05) is 32.9 Å². The fourth-order valence-electron chi connectivity index (χ4n) is 2.62. The third kappa shape index (κ3) is 3.56. The molecule has 128 valence electrons. The Hall–Kier alpha value is -2.41. The van der Waals surface area contributed by atoms with Crippen molar-refractivity contribution in [1.82, 2.24) is 14.8 Å². The summed E-state index contributed by atoms with van der Waals surface area (Å²) in [5.74, 6) is 0.347. The maximum atomic E-state index is 12.4. The van der Waals surface area contributed by atoms with Crippen LogP contribution in [0.25, 0.3) is 0 Å². The SMILES string of the molecule is Cc1nn(C(C)C)cc1C(=O)Nc1ccc(N2CCOCC2)cn1. The molecule has 0 unspecified atom stereocenters. The van der Waals surface area contributed by atoms with Gasteiger partial charge in [0.05, 0.1) is 36.4 Å². The Balaban J connectivity index is 1.68. The van der Waals surface area contributed by atoms with Gasteiger partial charge in [-0.05, 0) is 32.9 Å². The Bertz CT molecular complexity index is 702. The summed E-state index contributed by atoms with van der Waals surface area (Å²) in [4.78, 5) is 19.0. The molecular formula is C17H23N5O2. The van der Waals surface area contributed by atoms with Gasteiger partial charge in [0.2, 0.25) is 0 Å². The molecule has 1 fully saturated rings. The van der Waals surface area contributed by atoms with Crippen LogP contribution in [0, 0.1) is 6.92 Å². The van der Waals surface area contributed by atoms with Crippen molar-refractivity contribution in [2.45, 2.75) is 26.8 Å². The first-order chi connectivity index (χ1) is 11.5. The Labute approximate surface area is 141 Å². The van der Waals surface area contributed by atoms with Crippen LogP contribution in [0.15, 0.2) is 24.5 Å². The van der Waals surface area contributed by atoms with Crippen LogP contribution >= 0.6 is 0 Å². The average molecular weight is 329 g/mol. The lowest BCUT2D eigenvalue weighted by Crippen LogP contribution is -2.36. The third-order valence-electron chi connectivity index (χ3n) is 4.06. The zero-order valence-corrected chi connectivity index (χ0v) is 14.3. The van der Waals surface area contributed by atoms with Gasteiger partial charge in [0.25, 0.3) is 5.91 Å². The molecule has 1 amide bonds. The molecule has 7 heteroatoms. The van der Waals surface area contributed by atoms with Crippen LogP contribution in [0.4, 0.5) is 11.5 Å². The van der Waals surface area contributed by atoms with Gasteiger partial charge in [0, 0.05) is 25.3 Å². The lowest BCUT2D eigenvalue weighted by molar-refractivity contribution is 0.102. The number of aromatic nitrogens is 3. The van der Waals surface area contributed by atoms with E-state index in [2.05, 4.69) is 20.3 Å². The van der Waals surface area contributed by atoms with E-state index in [1.54, 1.807) is 17.1 Å². The van der Waals surface area contributed by atoms with E-state index in [1.165, 1.54) is 0 Å². The van der Waals surface area contributed by atoms with Gasteiger partial charge in [-0.15, -0.1) is 0 Å². The van der Waals surface area contributed by atoms with Gasteiger partial charge in [-0.1, -0.05) is 0 Å². The molecule has 24 heavy (non-hydrogen) atoms. The second-order valence-electron chi connectivity index (χ2n) is 6.16. The van der Waals surface area contributed by atoms with Gasteiger partial charge < -0.3 is 15.0 Å². The standard InChI is InChI=1S/C17H23N5O2/c1-12(2)22-11-15(13(3)20-22)17(23)19-16-5-4-14(10-18-16)21-6-8-24-9-7-21/h4-5,10-12H,6-9H2,1-3H3,(H,18,19,23). The first-order valence-electron chi connectivity index (χ1n) is 8.20. The Morgan fingerprint density at radius 1 is 1.29 bits per heavy atom. The van der Waals surface area contributed by atoms with Crippen molar-refractivity contribution < 1.29 is 9.53 Å². The van der Waals surface area contributed by atoms with Crippen LogP contribution in [0.2, 0.25) is 0 Å². The predicted octanol–water partition coefficient (Wildman–Crippen LogP) is 2.26.